The van der Waals surface area contributed by atoms with Crippen molar-refractivity contribution in [3.63, 3.8) is 0 Å². The Kier molecular flexibility index (Phi) is 19.7. The van der Waals surface area contributed by atoms with E-state index >= 15 is 0 Å². The zero-order chi connectivity index (χ0) is 22.5. The first-order valence-electron chi connectivity index (χ1n) is 11.6. The summed E-state index contributed by atoms with van der Waals surface area (Å²) >= 11 is 0. The lowest BCUT2D eigenvalue weighted by atomic mass is 10.1. The van der Waals surface area contributed by atoms with Crippen LogP contribution >= 0.6 is 7.82 Å². The van der Waals surface area contributed by atoms with E-state index < -0.39 is 7.82 Å². The van der Waals surface area contributed by atoms with Crippen molar-refractivity contribution in [1.82, 2.24) is 4.90 Å². The van der Waals surface area contributed by atoms with Crippen molar-refractivity contribution < 1.29 is 28.8 Å². The summed E-state index contributed by atoms with van der Waals surface area (Å²) in [7, 11) is -4.53. The fourth-order valence-corrected chi connectivity index (χ4v) is 3.58. The molecule has 0 fully saturated rings. The van der Waals surface area contributed by atoms with Crippen LogP contribution in [0.2, 0.25) is 0 Å². The summed E-state index contributed by atoms with van der Waals surface area (Å²) < 4.78 is 15.1. The van der Waals surface area contributed by atoms with Crippen LogP contribution in [-0.2, 0) is 13.9 Å². The van der Waals surface area contributed by atoms with Gasteiger partial charge in [-0.2, -0.15) is 0 Å². The second-order valence-corrected chi connectivity index (χ2v) is 9.00. The van der Waals surface area contributed by atoms with Crippen LogP contribution in [0.4, 0.5) is 0 Å². The molecule has 0 aliphatic heterocycles. The highest BCUT2D eigenvalue weighted by atomic mass is 31.2. The minimum absolute atomic E-state index is 0.0651. The number of aliphatic hydroxyl groups excluding tert-OH is 1. The van der Waals surface area contributed by atoms with E-state index in [1.165, 1.54) is 56.3 Å². The topological polar surface area (TPSA) is 107 Å². The lowest BCUT2D eigenvalue weighted by Gasteiger charge is -2.21. The predicted molar refractivity (Wildman–Crippen MR) is 121 cm³/mol. The summed E-state index contributed by atoms with van der Waals surface area (Å²) in [5, 5.41) is 9.05. The molecular formula is C22H44NO6P. The molecule has 0 heterocycles. The van der Waals surface area contributed by atoms with Crippen LogP contribution in [-0.4, -0.2) is 52.0 Å². The number of phosphoric ester groups is 1. The largest absolute Gasteiger partial charge is 0.469 e. The molecule has 0 saturated heterocycles. The summed E-state index contributed by atoms with van der Waals surface area (Å²) in [6.45, 7) is 2.02. The van der Waals surface area contributed by atoms with Crippen LogP contribution in [0, 0.1) is 0 Å². The number of hydrogen-bond donors (Lipinski definition) is 3. The average Bonchev–Trinajstić information content (AvgIpc) is 2.69. The van der Waals surface area contributed by atoms with E-state index in [-0.39, 0.29) is 32.2 Å². The summed E-state index contributed by atoms with van der Waals surface area (Å²) in [6.07, 6.45) is 20.5. The second-order valence-electron chi connectivity index (χ2n) is 7.76. The Morgan fingerprint density at radius 3 is 1.93 bits per heavy atom. The molecule has 0 aliphatic rings. The Hall–Kier alpha value is -0.720. The number of carbonyl (C=O) groups excluding carboxylic acids is 1. The molecule has 0 aliphatic carbocycles. The summed E-state index contributed by atoms with van der Waals surface area (Å²) in [6, 6.07) is 0. The molecule has 1 amide bonds. The fourth-order valence-electron chi connectivity index (χ4n) is 3.26. The molecule has 0 bridgehead atoms. The van der Waals surface area contributed by atoms with Gasteiger partial charge in [0.05, 0.1) is 13.2 Å². The van der Waals surface area contributed by atoms with Crippen LogP contribution in [0.25, 0.3) is 0 Å². The third-order valence-corrected chi connectivity index (χ3v) is 5.51. The first-order valence-corrected chi connectivity index (χ1v) is 13.2. The quantitative estimate of drug-likeness (QED) is 0.130. The maximum Gasteiger partial charge on any atom is 0.469 e. The molecule has 0 unspecified atom stereocenters. The van der Waals surface area contributed by atoms with Crippen LogP contribution in [0.3, 0.4) is 0 Å². The van der Waals surface area contributed by atoms with Gasteiger partial charge in [-0.05, 0) is 32.1 Å². The van der Waals surface area contributed by atoms with Gasteiger partial charge in [-0.25, -0.2) is 4.57 Å². The monoisotopic (exact) mass is 449 g/mol. The Morgan fingerprint density at radius 2 is 1.40 bits per heavy atom. The Balaban J connectivity index is 3.63. The van der Waals surface area contributed by atoms with Gasteiger partial charge in [0.1, 0.15) is 0 Å². The lowest BCUT2D eigenvalue weighted by molar-refractivity contribution is -0.132. The van der Waals surface area contributed by atoms with Crippen molar-refractivity contribution in [3.8, 4) is 0 Å². The molecule has 0 radical (unpaired) electrons. The van der Waals surface area contributed by atoms with E-state index in [9.17, 15) is 9.36 Å². The Morgan fingerprint density at radius 1 is 0.867 bits per heavy atom. The predicted octanol–water partition coefficient (Wildman–Crippen LogP) is 4.95. The zero-order valence-electron chi connectivity index (χ0n) is 18.8. The average molecular weight is 450 g/mol. The number of phosphoric acid groups is 1. The molecule has 30 heavy (non-hydrogen) atoms. The molecule has 0 spiro atoms. The summed E-state index contributed by atoms with van der Waals surface area (Å²) in [5.41, 5.74) is 0. The number of allylic oxidation sites excluding steroid dienone is 2. The minimum Gasteiger partial charge on any atom is -0.395 e. The highest BCUT2D eigenvalue weighted by Gasteiger charge is 2.17. The number of rotatable bonds is 21. The number of hydrogen-bond acceptors (Lipinski definition) is 4. The van der Waals surface area contributed by atoms with Crippen molar-refractivity contribution in [2.75, 3.05) is 26.3 Å². The van der Waals surface area contributed by atoms with E-state index in [0.717, 1.165) is 32.1 Å². The van der Waals surface area contributed by atoms with Gasteiger partial charge in [-0.1, -0.05) is 70.4 Å². The molecule has 0 aromatic rings. The van der Waals surface area contributed by atoms with Crippen molar-refractivity contribution >= 4 is 13.7 Å². The van der Waals surface area contributed by atoms with Crippen LogP contribution < -0.4 is 0 Å². The number of nitrogens with zero attached hydrogens (tertiary/aromatic N) is 1. The van der Waals surface area contributed by atoms with Crippen molar-refractivity contribution in [2.45, 2.75) is 96.8 Å². The zero-order valence-corrected chi connectivity index (χ0v) is 19.7. The standard InChI is InChI=1S/C22H44NO6P/c1-2-3-4-5-6-7-8-9-10-11-12-13-14-15-16-17-22(25)23(18-20-24)19-21-29-30(26,27)28/h9-10,24H,2-8,11-21H2,1H3,(H2,26,27,28)/b10-9-. The molecule has 0 aromatic carbocycles. The molecule has 0 atom stereocenters. The molecule has 3 N–H and O–H groups in total. The van der Waals surface area contributed by atoms with E-state index in [0.29, 0.717) is 6.42 Å². The number of amides is 1. The summed E-state index contributed by atoms with van der Waals surface area (Å²) in [5.74, 6) is -0.115. The van der Waals surface area contributed by atoms with Gasteiger partial charge >= 0.3 is 7.82 Å². The number of unbranched alkanes of at least 4 members (excludes halogenated alkanes) is 11. The Bertz CT molecular complexity index is 480. The van der Waals surface area contributed by atoms with E-state index in [1.54, 1.807) is 0 Å². The van der Waals surface area contributed by atoms with E-state index in [4.69, 9.17) is 14.9 Å². The van der Waals surface area contributed by atoms with Gasteiger partial charge in [0.15, 0.2) is 0 Å². The molecule has 0 saturated carbocycles. The first-order chi connectivity index (χ1) is 14.4. The van der Waals surface area contributed by atoms with Gasteiger partial charge in [0.2, 0.25) is 5.91 Å². The first kappa shape index (κ1) is 29.3. The van der Waals surface area contributed by atoms with Gasteiger partial charge in [0, 0.05) is 19.5 Å². The normalized spacial score (nSPS) is 12.0. The van der Waals surface area contributed by atoms with Crippen molar-refractivity contribution in [1.29, 1.82) is 0 Å². The fraction of sp³-hybridized carbons (Fsp3) is 0.864. The van der Waals surface area contributed by atoms with Crippen molar-refractivity contribution in [3.05, 3.63) is 12.2 Å². The van der Waals surface area contributed by atoms with E-state index in [1.807, 2.05) is 0 Å². The van der Waals surface area contributed by atoms with Gasteiger partial charge in [-0.3, -0.25) is 9.32 Å². The molecule has 7 nitrogen and oxygen atoms in total. The molecule has 8 heteroatoms. The second kappa shape index (κ2) is 20.2. The highest BCUT2D eigenvalue weighted by molar-refractivity contribution is 7.46. The van der Waals surface area contributed by atoms with Crippen LogP contribution in [0.1, 0.15) is 96.8 Å². The van der Waals surface area contributed by atoms with Gasteiger partial charge < -0.3 is 19.8 Å². The molecule has 0 aromatic heterocycles. The summed E-state index contributed by atoms with van der Waals surface area (Å²) in [4.78, 5) is 30.9. The third kappa shape index (κ3) is 20.5. The third-order valence-electron chi connectivity index (χ3n) is 5.00. The Labute approximate surface area is 183 Å². The van der Waals surface area contributed by atoms with Crippen molar-refractivity contribution in [2.24, 2.45) is 0 Å². The molecule has 0 rings (SSSR count). The highest BCUT2D eigenvalue weighted by Crippen LogP contribution is 2.35. The van der Waals surface area contributed by atoms with Gasteiger partial charge in [-0.15, -0.1) is 0 Å². The van der Waals surface area contributed by atoms with Crippen LogP contribution in [0.15, 0.2) is 12.2 Å². The van der Waals surface area contributed by atoms with Crippen LogP contribution in [0.5, 0.6) is 0 Å². The lowest BCUT2D eigenvalue weighted by Crippen LogP contribution is -2.36. The maximum atomic E-state index is 12.2. The molecule has 178 valence electrons. The number of carbonyl (C=O) groups is 1. The van der Waals surface area contributed by atoms with E-state index in [2.05, 4.69) is 23.6 Å². The SMILES string of the molecule is CCCCCCCC/C=C\CCCCCCCC(=O)N(CCO)CCOP(=O)(O)O. The molecular weight excluding hydrogens is 405 g/mol. The minimum atomic E-state index is -4.53. The maximum absolute atomic E-state index is 12.2. The van der Waals surface area contributed by atoms with Gasteiger partial charge in [0.25, 0.3) is 0 Å². The number of aliphatic hydroxyl groups is 1. The smallest absolute Gasteiger partial charge is 0.395 e.